The highest BCUT2D eigenvalue weighted by Crippen LogP contribution is 2.20. The Bertz CT molecular complexity index is 749. The van der Waals surface area contributed by atoms with Gasteiger partial charge >= 0.3 is 0 Å². The topological polar surface area (TPSA) is 82.8 Å². The summed E-state index contributed by atoms with van der Waals surface area (Å²) in [7, 11) is 0. The van der Waals surface area contributed by atoms with Crippen LogP contribution in [0.15, 0.2) is 34.9 Å². The number of benzene rings is 1. The molecule has 0 unspecified atom stereocenters. The Morgan fingerprint density at radius 2 is 2.25 bits per heavy atom. The highest BCUT2D eigenvalue weighted by atomic mass is 19.1. The lowest BCUT2D eigenvalue weighted by Gasteiger charge is -1.98. The van der Waals surface area contributed by atoms with E-state index >= 15 is 0 Å². The Hall–Kier alpha value is -2.70. The molecule has 20 heavy (non-hydrogen) atoms. The third-order valence-electron chi connectivity index (χ3n) is 2.95. The molecular formula is C13H12FN5O. The van der Waals surface area contributed by atoms with Gasteiger partial charge in [0.2, 0.25) is 5.89 Å². The van der Waals surface area contributed by atoms with Crippen molar-refractivity contribution in [2.75, 3.05) is 5.73 Å². The van der Waals surface area contributed by atoms with Crippen molar-refractivity contribution in [1.82, 2.24) is 20.0 Å². The minimum atomic E-state index is -0.331. The number of hydrogen-bond acceptors (Lipinski definition) is 5. The summed E-state index contributed by atoms with van der Waals surface area (Å²) in [5, 5.41) is 7.68. The number of aromatic nitrogens is 4. The van der Waals surface area contributed by atoms with Crippen molar-refractivity contribution >= 4 is 5.82 Å². The maximum absolute atomic E-state index is 13.2. The van der Waals surface area contributed by atoms with E-state index in [1.54, 1.807) is 16.8 Å². The zero-order valence-corrected chi connectivity index (χ0v) is 10.7. The molecule has 2 aromatic heterocycles. The minimum absolute atomic E-state index is 0.331. The predicted octanol–water partition coefficient (Wildman–Crippen LogP) is 2.01. The summed E-state index contributed by atoms with van der Waals surface area (Å²) in [6, 6.07) is 6.08. The van der Waals surface area contributed by atoms with Crippen LogP contribution in [0, 0.1) is 12.7 Å². The Balaban J connectivity index is 1.85. The normalized spacial score (nSPS) is 10.9. The van der Waals surface area contributed by atoms with E-state index in [2.05, 4.69) is 15.3 Å². The van der Waals surface area contributed by atoms with Gasteiger partial charge in [0.15, 0.2) is 5.82 Å². The third kappa shape index (κ3) is 2.25. The first-order valence-corrected chi connectivity index (χ1v) is 5.99. The Morgan fingerprint density at radius 3 is 2.95 bits per heavy atom. The Morgan fingerprint density at radius 1 is 1.40 bits per heavy atom. The van der Waals surface area contributed by atoms with Crippen LogP contribution in [-0.4, -0.2) is 20.0 Å². The van der Waals surface area contributed by atoms with Crippen molar-refractivity contribution in [3.63, 3.8) is 0 Å². The first-order chi connectivity index (χ1) is 9.63. The quantitative estimate of drug-likeness (QED) is 0.789. The van der Waals surface area contributed by atoms with Gasteiger partial charge in [0, 0.05) is 5.56 Å². The molecular weight excluding hydrogens is 261 g/mol. The summed E-state index contributed by atoms with van der Waals surface area (Å²) < 4.78 is 20.1. The molecule has 0 amide bonds. The lowest BCUT2D eigenvalue weighted by atomic mass is 10.2. The maximum atomic E-state index is 13.2. The molecule has 0 spiro atoms. The number of anilines is 1. The molecule has 3 rings (SSSR count). The van der Waals surface area contributed by atoms with Gasteiger partial charge in [0.25, 0.3) is 0 Å². The molecule has 0 aliphatic heterocycles. The van der Waals surface area contributed by atoms with Gasteiger partial charge in [0.1, 0.15) is 17.8 Å². The number of halogens is 1. The Labute approximate surface area is 114 Å². The SMILES string of the molecule is Cc1c(N)nnn1Cc1coc(-c2cccc(F)c2)n1. The van der Waals surface area contributed by atoms with Crippen LogP contribution < -0.4 is 5.73 Å². The van der Waals surface area contributed by atoms with Gasteiger partial charge in [-0.05, 0) is 25.1 Å². The van der Waals surface area contributed by atoms with E-state index in [4.69, 9.17) is 10.2 Å². The molecule has 0 bridgehead atoms. The van der Waals surface area contributed by atoms with Gasteiger partial charge in [0.05, 0.1) is 12.2 Å². The van der Waals surface area contributed by atoms with Crippen LogP contribution in [0.3, 0.4) is 0 Å². The van der Waals surface area contributed by atoms with Crippen molar-refractivity contribution in [3.05, 3.63) is 47.7 Å². The fourth-order valence-corrected chi connectivity index (χ4v) is 1.81. The van der Waals surface area contributed by atoms with E-state index in [1.807, 2.05) is 6.92 Å². The largest absolute Gasteiger partial charge is 0.444 e. The highest BCUT2D eigenvalue weighted by Gasteiger charge is 2.10. The second-order valence-corrected chi connectivity index (χ2v) is 4.37. The summed E-state index contributed by atoms with van der Waals surface area (Å²) in [5.41, 5.74) is 7.64. The fraction of sp³-hybridized carbons (Fsp3) is 0.154. The van der Waals surface area contributed by atoms with E-state index in [-0.39, 0.29) is 5.82 Å². The molecule has 0 radical (unpaired) electrons. The van der Waals surface area contributed by atoms with Gasteiger partial charge < -0.3 is 10.2 Å². The molecule has 0 atom stereocenters. The summed E-state index contributed by atoms with van der Waals surface area (Å²) in [6.45, 7) is 2.22. The van der Waals surface area contributed by atoms with Gasteiger partial charge in [-0.25, -0.2) is 14.1 Å². The number of hydrogen-bond donors (Lipinski definition) is 1. The zero-order valence-electron chi connectivity index (χ0n) is 10.7. The van der Waals surface area contributed by atoms with Crippen molar-refractivity contribution in [2.45, 2.75) is 13.5 Å². The van der Waals surface area contributed by atoms with Crippen LogP contribution in [0.2, 0.25) is 0 Å². The van der Waals surface area contributed by atoms with Crippen LogP contribution >= 0.6 is 0 Å². The van der Waals surface area contributed by atoms with Crippen molar-refractivity contribution in [3.8, 4) is 11.5 Å². The van der Waals surface area contributed by atoms with E-state index in [0.717, 1.165) is 5.69 Å². The summed E-state index contributed by atoms with van der Waals surface area (Å²) in [5.74, 6) is 0.422. The monoisotopic (exact) mass is 273 g/mol. The lowest BCUT2D eigenvalue weighted by molar-refractivity contribution is 0.565. The maximum Gasteiger partial charge on any atom is 0.226 e. The lowest BCUT2D eigenvalue weighted by Crippen LogP contribution is -2.04. The fourth-order valence-electron chi connectivity index (χ4n) is 1.81. The molecule has 0 aliphatic rings. The number of oxazole rings is 1. The van der Waals surface area contributed by atoms with Crippen molar-refractivity contribution in [2.24, 2.45) is 0 Å². The van der Waals surface area contributed by atoms with Gasteiger partial charge in [-0.15, -0.1) is 5.10 Å². The van der Waals surface area contributed by atoms with Crippen molar-refractivity contribution < 1.29 is 8.81 Å². The van der Waals surface area contributed by atoms with Gasteiger partial charge in [-0.1, -0.05) is 11.3 Å². The van der Waals surface area contributed by atoms with Gasteiger partial charge in [-0.3, -0.25) is 0 Å². The molecule has 0 fully saturated rings. The molecule has 0 saturated heterocycles. The molecule has 0 saturated carbocycles. The molecule has 7 heteroatoms. The molecule has 0 aliphatic carbocycles. The van der Waals surface area contributed by atoms with Crippen LogP contribution in [0.5, 0.6) is 0 Å². The van der Waals surface area contributed by atoms with Gasteiger partial charge in [-0.2, -0.15) is 0 Å². The number of nitrogens with zero attached hydrogens (tertiary/aromatic N) is 4. The molecule has 2 N–H and O–H groups in total. The van der Waals surface area contributed by atoms with Crippen LogP contribution in [-0.2, 0) is 6.54 Å². The Kier molecular flexibility index (Phi) is 2.94. The summed E-state index contributed by atoms with van der Waals surface area (Å²) in [4.78, 5) is 4.30. The average molecular weight is 273 g/mol. The van der Waals surface area contributed by atoms with Crippen molar-refractivity contribution in [1.29, 1.82) is 0 Å². The molecule has 102 valence electrons. The first kappa shape index (κ1) is 12.3. The molecule has 2 heterocycles. The smallest absolute Gasteiger partial charge is 0.226 e. The molecule has 6 nitrogen and oxygen atoms in total. The van der Waals surface area contributed by atoms with Crippen LogP contribution in [0.1, 0.15) is 11.4 Å². The molecule has 3 aromatic rings. The van der Waals surface area contributed by atoms with E-state index in [0.29, 0.717) is 29.5 Å². The summed E-state index contributed by atoms with van der Waals surface area (Å²) >= 11 is 0. The summed E-state index contributed by atoms with van der Waals surface area (Å²) in [6.07, 6.45) is 1.51. The number of nitrogen functional groups attached to an aromatic ring is 1. The van der Waals surface area contributed by atoms with Crippen LogP contribution in [0.4, 0.5) is 10.2 Å². The van der Waals surface area contributed by atoms with E-state index < -0.39 is 0 Å². The number of nitrogens with two attached hydrogens (primary N) is 1. The minimum Gasteiger partial charge on any atom is -0.444 e. The van der Waals surface area contributed by atoms with Crippen LogP contribution in [0.25, 0.3) is 11.5 Å². The third-order valence-corrected chi connectivity index (χ3v) is 2.95. The highest BCUT2D eigenvalue weighted by molar-refractivity contribution is 5.52. The predicted molar refractivity (Wildman–Crippen MR) is 70.2 cm³/mol. The zero-order chi connectivity index (χ0) is 14.1. The van der Waals surface area contributed by atoms with E-state index in [9.17, 15) is 4.39 Å². The molecule has 1 aromatic carbocycles. The average Bonchev–Trinajstić information content (AvgIpc) is 3.01. The van der Waals surface area contributed by atoms with E-state index in [1.165, 1.54) is 18.4 Å². The second kappa shape index (κ2) is 4.76. The standard InChI is InChI=1S/C13H12FN5O/c1-8-12(15)17-18-19(8)6-11-7-20-13(16-11)9-3-2-4-10(14)5-9/h2-5,7H,6,15H2,1H3. The number of rotatable bonds is 3. The first-order valence-electron chi connectivity index (χ1n) is 5.99. The second-order valence-electron chi connectivity index (χ2n) is 4.37.